The van der Waals surface area contributed by atoms with Crippen molar-refractivity contribution in [1.29, 1.82) is 0 Å². The molecule has 1 saturated heterocycles. The third-order valence-electron chi connectivity index (χ3n) is 6.29. The van der Waals surface area contributed by atoms with Crippen LogP contribution in [0.3, 0.4) is 0 Å². The van der Waals surface area contributed by atoms with Crippen molar-refractivity contribution in [3.63, 3.8) is 0 Å². The van der Waals surface area contributed by atoms with Crippen molar-refractivity contribution in [2.75, 3.05) is 31.1 Å². The molecule has 3 N–H and O–H groups in total. The Morgan fingerprint density at radius 1 is 1.28 bits per heavy atom. The second-order valence-corrected chi connectivity index (χ2v) is 8.09. The van der Waals surface area contributed by atoms with E-state index in [4.69, 9.17) is 5.73 Å². The summed E-state index contributed by atoms with van der Waals surface area (Å²) in [6, 6.07) is 1.95. The Bertz CT molecular complexity index is 1030. The van der Waals surface area contributed by atoms with E-state index in [0.717, 1.165) is 0 Å². The fourth-order valence-corrected chi connectivity index (χ4v) is 4.37. The summed E-state index contributed by atoms with van der Waals surface area (Å²) in [5, 5.41) is 2.74. The standard InChI is InChI=1S/C22H26F2N6O2/c1-3-14-22(32)28-19-15(26-14)5-4-13(18(19)23)12(2)29-8-10-30(11-9-29)17-7-6-16(21(25)31)27-20(17)24/h4-7,12,18-19H,3,8-11H2,1-2H3,(H2,25,31)(H,28,32). The molecule has 10 heteroatoms. The minimum atomic E-state index is -1.36. The number of primary amides is 1. The van der Waals surface area contributed by atoms with Crippen LogP contribution in [-0.2, 0) is 4.79 Å². The van der Waals surface area contributed by atoms with Gasteiger partial charge in [-0.25, -0.2) is 14.4 Å². The maximum Gasteiger partial charge on any atom is 0.267 e. The summed E-state index contributed by atoms with van der Waals surface area (Å²) in [4.78, 5) is 35.2. The van der Waals surface area contributed by atoms with Crippen molar-refractivity contribution in [2.24, 2.45) is 10.7 Å². The Kier molecular flexibility index (Phi) is 6.05. The minimum absolute atomic E-state index is 0.116. The van der Waals surface area contributed by atoms with Crippen LogP contribution in [0.5, 0.6) is 0 Å². The number of alkyl halides is 1. The molecule has 3 heterocycles. The van der Waals surface area contributed by atoms with E-state index in [1.54, 1.807) is 12.2 Å². The predicted octanol–water partition coefficient (Wildman–Crippen LogP) is 1.34. The number of nitrogens with two attached hydrogens (primary N) is 1. The highest BCUT2D eigenvalue weighted by Crippen LogP contribution is 2.30. The molecule has 0 bridgehead atoms. The van der Waals surface area contributed by atoms with E-state index in [1.165, 1.54) is 12.1 Å². The third kappa shape index (κ3) is 4.02. The summed E-state index contributed by atoms with van der Waals surface area (Å²) in [5.41, 5.74) is 6.87. The number of anilines is 1. The van der Waals surface area contributed by atoms with Gasteiger partial charge in [0.25, 0.3) is 11.8 Å². The molecule has 1 aromatic heterocycles. The van der Waals surface area contributed by atoms with Crippen LogP contribution in [-0.4, -0.2) is 71.8 Å². The number of nitrogens with one attached hydrogen (secondary N) is 1. The van der Waals surface area contributed by atoms with E-state index < -0.39 is 24.1 Å². The molecule has 3 unspecified atom stereocenters. The van der Waals surface area contributed by atoms with Gasteiger partial charge >= 0.3 is 0 Å². The van der Waals surface area contributed by atoms with Crippen LogP contribution >= 0.6 is 0 Å². The molecule has 1 aromatic rings. The Morgan fingerprint density at radius 2 is 2.00 bits per heavy atom. The van der Waals surface area contributed by atoms with E-state index in [0.29, 0.717) is 55.3 Å². The molecule has 0 aromatic carbocycles. The van der Waals surface area contributed by atoms with Gasteiger partial charge in [0.1, 0.15) is 23.6 Å². The molecule has 0 spiro atoms. The zero-order valence-electron chi connectivity index (χ0n) is 18.0. The van der Waals surface area contributed by atoms with E-state index >= 15 is 4.39 Å². The van der Waals surface area contributed by atoms with E-state index in [-0.39, 0.29) is 17.6 Å². The molecule has 0 saturated carbocycles. The van der Waals surface area contributed by atoms with E-state index in [1.807, 2.05) is 18.7 Å². The summed E-state index contributed by atoms with van der Waals surface area (Å²) >= 11 is 0. The van der Waals surface area contributed by atoms with Crippen LogP contribution in [0.15, 0.2) is 40.5 Å². The van der Waals surface area contributed by atoms with Crippen molar-refractivity contribution < 1.29 is 18.4 Å². The number of allylic oxidation sites excluding steroid dienone is 2. The van der Waals surface area contributed by atoms with E-state index in [2.05, 4.69) is 20.2 Å². The average Bonchev–Trinajstić information content (AvgIpc) is 2.79. The number of piperazine rings is 1. The quantitative estimate of drug-likeness (QED) is 0.667. The fraction of sp³-hybridized carbons (Fsp3) is 0.455. The number of fused-ring (bicyclic) bond motifs is 1. The van der Waals surface area contributed by atoms with Crippen LogP contribution < -0.4 is 16.0 Å². The largest absolute Gasteiger partial charge is 0.365 e. The molecule has 3 atom stereocenters. The maximum atomic E-state index is 15.4. The zero-order chi connectivity index (χ0) is 23.0. The van der Waals surface area contributed by atoms with Gasteiger partial charge in [-0.15, -0.1) is 0 Å². The maximum absolute atomic E-state index is 15.4. The van der Waals surface area contributed by atoms with Gasteiger partial charge in [-0.05, 0) is 37.1 Å². The SMILES string of the molecule is CCC1=NC2=CC=C(C(C)N3CCN(c4ccc(C(N)=O)nc4F)CC3)C(F)C2NC1=O. The van der Waals surface area contributed by atoms with Gasteiger partial charge in [-0.3, -0.25) is 14.5 Å². The summed E-state index contributed by atoms with van der Waals surface area (Å²) in [6.45, 7) is 6.00. The molecule has 8 nitrogen and oxygen atoms in total. The minimum Gasteiger partial charge on any atom is -0.365 e. The summed E-state index contributed by atoms with van der Waals surface area (Å²) < 4.78 is 29.7. The van der Waals surface area contributed by atoms with Gasteiger partial charge < -0.3 is 16.0 Å². The van der Waals surface area contributed by atoms with Gasteiger partial charge in [-0.1, -0.05) is 13.0 Å². The zero-order valence-corrected chi connectivity index (χ0v) is 18.0. The first-order chi connectivity index (χ1) is 15.3. The number of hydrogen-bond acceptors (Lipinski definition) is 6. The third-order valence-corrected chi connectivity index (χ3v) is 6.29. The lowest BCUT2D eigenvalue weighted by Gasteiger charge is -2.41. The number of aromatic nitrogens is 1. The normalized spacial score (nSPS) is 24.7. The highest BCUT2D eigenvalue weighted by atomic mass is 19.1. The Balaban J connectivity index is 1.44. The summed E-state index contributed by atoms with van der Waals surface area (Å²) in [5.74, 6) is -1.84. The molecule has 2 amide bonds. The average molecular weight is 444 g/mol. The van der Waals surface area contributed by atoms with Crippen LogP contribution in [0.25, 0.3) is 0 Å². The molecule has 1 fully saturated rings. The lowest BCUT2D eigenvalue weighted by Crippen LogP contribution is -2.54. The van der Waals surface area contributed by atoms with E-state index in [9.17, 15) is 14.0 Å². The number of hydrogen-bond donors (Lipinski definition) is 2. The molecular weight excluding hydrogens is 418 g/mol. The van der Waals surface area contributed by atoms with Crippen molar-refractivity contribution in [3.05, 3.63) is 47.2 Å². The number of aliphatic imine (C=N–C) groups is 1. The summed E-state index contributed by atoms with van der Waals surface area (Å²) in [7, 11) is 0. The number of carbonyl (C=O) groups excluding carboxylic acids is 2. The second kappa shape index (κ2) is 8.78. The molecule has 4 rings (SSSR count). The molecule has 3 aliphatic rings. The van der Waals surface area contributed by atoms with Crippen LogP contribution in [0, 0.1) is 5.95 Å². The van der Waals surface area contributed by atoms with Crippen molar-refractivity contribution in [2.45, 2.75) is 38.5 Å². The molecule has 1 aliphatic carbocycles. The van der Waals surface area contributed by atoms with Crippen LogP contribution in [0.1, 0.15) is 30.8 Å². The second-order valence-electron chi connectivity index (χ2n) is 8.09. The number of carbonyl (C=O) groups is 2. The molecule has 2 aliphatic heterocycles. The highest BCUT2D eigenvalue weighted by Gasteiger charge is 2.39. The van der Waals surface area contributed by atoms with Gasteiger partial charge in [-0.2, -0.15) is 4.39 Å². The molecule has 0 radical (unpaired) electrons. The van der Waals surface area contributed by atoms with Gasteiger partial charge in [0.2, 0.25) is 5.95 Å². The predicted molar refractivity (Wildman–Crippen MR) is 117 cm³/mol. The fourth-order valence-electron chi connectivity index (χ4n) is 4.37. The molecule has 32 heavy (non-hydrogen) atoms. The van der Waals surface area contributed by atoms with Crippen molar-refractivity contribution in [3.8, 4) is 0 Å². The monoisotopic (exact) mass is 444 g/mol. The number of pyridine rings is 1. The molecule has 170 valence electrons. The number of nitrogens with zero attached hydrogens (tertiary/aromatic N) is 4. The topological polar surface area (TPSA) is 104 Å². The highest BCUT2D eigenvalue weighted by molar-refractivity contribution is 6.39. The van der Waals surface area contributed by atoms with Gasteiger partial charge in [0, 0.05) is 32.2 Å². The summed E-state index contributed by atoms with van der Waals surface area (Å²) in [6.07, 6.45) is 2.66. The van der Waals surface area contributed by atoms with Crippen LogP contribution in [0.4, 0.5) is 14.5 Å². The number of amides is 2. The van der Waals surface area contributed by atoms with Gasteiger partial charge in [0.15, 0.2) is 0 Å². The van der Waals surface area contributed by atoms with Crippen LogP contribution in [0.2, 0.25) is 0 Å². The first-order valence-electron chi connectivity index (χ1n) is 10.7. The first kappa shape index (κ1) is 22.1. The lowest BCUT2D eigenvalue weighted by molar-refractivity contribution is -0.116. The Hall–Kier alpha value is -3.14. The number of halogens is 2. The van der Waals surface area contributed by atoms with Gasteiger partial charge in [0.05, 0.1) is 11.4 Å². The Morgan fingerprint density at radius 3 is 2.62 bits per heavy atom. The Labute approximate surface area is 184 Å². The molecular formula is C22H26F2N6O2. The number of rotatable bonds is 5. The lowest BCUT2D eigenvalue weighted by atomic mass is 9.89. The van der Waals surface area contributed by atoms with Crippen molar-refractivity contribution in [1.82, 2.24) is 15.2 Å². The smallest absolute Gasteiger partial charge is 0.267 e. The van der Waals surface area contributed by atoms with Crippen molar-refractivity contribution >= 4 is 23.2 Å². The first-order valence-corrected chi connectivity index (χ1v) is 10.7.